The predicted molar refractivity (Wildman–Crippen MR) is 72.3 cm³/mol. The Hall–Kier alpha value is -1.29. The minimum Gasteiger partial charge on any atom is -0.465 e. The molecule has 0 radical (unpaired) electrons. The number of furan rings is 1. The van der Waals surface area contributed by atoms with Gasteiger partial charge in [0.05, 0.1) is 6.54 Å². The van der Waals surface area contributed by atoms with Gasteiger partial charge in [-0.1, -0.05) is 6.92 Å². The minimum absolute atomic E-state index is 0.209. The zero-order chi connectivity index (χ0) is 13.4. The first kappa shape index (κ1) is 14.8. The van der Waals surface area contributed by atoms with E-state index in [4.69, 9.17) is 4.42 Å². The summed E-state index contributed by atoms with van der Waals surface area (Å²) in [5.41, 5.74) is 0. The molecule has 1 amide bonds. The molecule has 102 valence electrons. The van der Waals surface area contributed by atoms with Crippen LogP contribution in [0, 0.1) is 0 Å². The zero-order valence-corrected chi connectivity index (χ0v) is 11.7. The molecule has 0 aliphatic carbocycles. The van der Waals surface area contributed by atoms with Gasteiger partial charge in [-0.2, -0.15) is 0 Å². The molecule has 0 aliphatic rings. The van der Waals surface area contributed by atoms with Crippen LogP contribution in [-0.4, -0.2) is 30.4 Å². The quantitative estimate of drug-likeness (QED) is 0.721. The van der Waals surface area contributed by atoms with E-state index in [1.54, 1.807) is 0 Å². The third-order valence-corrected chi connectivity index (χ3v) is 3.00. The van der Waals surface area contributed by atoms with Gasteiger partial charge in [-0.15, -0.1) is 0 Å². The summed E-state index contributed by atoms with van der Waals surface area (Å²) in [7, 11) is 0. The monoisotopic (exact) mass is 252 g/mol. The third-order valence-electron chi connectivity index (χ3n) is 3.00. The molecule has 1 aromatic rings. The summed E-state index contributed by atoms with van der Waals surface area (Å²) in [6.45, 7) is 9.02. The van der Waals surface area contributed by atoms with Gasteiger partial charge in [0.1, 0.15) is 11.5 Å². The van der Waals surface area contributed by atoms with E-state index in [-0.39, 0.29) is 5.91 Å². The van der Waals surface area contributed by atoms with Gasteiger partial charge in [0.15, 0.2) is 0 Å². The van der Waals surface area contributed by atoms with Gasteiger partial charge in [-0.05, 0) is 26.0 Å². The molecule has 4 heteroatoms. The Bertz CT molecular complexity index is 356. The molecule has 0 saturated heterocycles. The molecule has 1 N–H and O–H groups in total. The Morgan fingerprint density at radius 2 is 1.89 bits per heavy atom. The number of hydrogen-bond acceptors (Lipinski definition) is 3. The van der Waals surface area contributed by atoms with E-state index in [9.17, 15) is 4.79 Å². The summed E-state index contributed by atoms with van der Waals surface area (Å²) >= 11 is 0. The van der Waals surface area contributed by atoms with Crippen LogP contribution in [0.3, 0.4) is 0 Å². The average molecular weight is 252 g/mol. The first-order chi connectivity index (χ1) is 8.71. The van der Waals surface area contributed by atoms with E-state index < -0.39 is 0 Å². The maximum Gasteiger partial charge on any atom is 0.223 e. The summed E-state index contributed by atoms with van der Waals surface area (Å²) in [5.74, 6) is 2.15. The van der Waals surface area contributed by atoms with Gasteiger partial charge < -0.3 is 14.6 Å². The summed E-state index contributed by atoms with van der Waals surface area (Å²) < 4.78 is 5.57. The van der Waals surface area contributed by atoms with Crippen molar-refractivity contribution in [1.29, 1.82) is 0 Å². The van der Waals surface area contributed by atoms with Gasteiger partial charge in [0.2, 0.25) is 5.91 Å². The van der Waals surface area contributed by atoms with E-state index in [1.165, 1.54) is 0 Å². The number of aryl methyl sites for hydroxylation is 1. The first-order valence-electron chi connectivity index (χ1n) is 6.77. The molecule has 1 heterocycles. The standard InChI is InChI=1S/C14H24N2O2/c1-4-12-7-8-13(18-12)11-15-10-9-14(17)16(5-2)6-3/h7-8,15H,4-6,9-11H2,1-3H3. The number of amides is 1. The number of carbonyl (C=O) groups excluding carboxylic acids is 1. The molecule has 0 bridgehead atoms. The Balaban J connectivity index is 2.20. The van der Waals surface area contributed by atoms with Gasteiger partial charge in [-0.25, -0.2) is 0 Å². The van der Waals surface area contributed by atoms with E-state index in [2.05, 4.69) is 12.2 Å². The average Bonchev–Trinajstić information content (AvgIpc) is 2.84. The number of nitrogens with one attached hydrogen (secondary N) is 1. The highest BCUT2D eigenvalue weighted by Gasteiger charge is 2.08. The van der Waals surface area contributed by atoms with Crippen molar-refractivity contribution in [3.63, 3.8) is 0 Å². The zero-order valence-electron chi connectivity index (χ0n) is 11.7. The topological polar surface area (TPSA) is 45.5 Å². The lowest BCUT2D eigenvalue weighted by Gasteiger charge is -2.18. The van der Waals surface area contributed by atoms with Crippen LogP contribution >= 0.6 is 0 Å². The fourth-order valence-electron chi connectivity index (χ4n) is 1.85. The van der Waals surface area contributed by atoms with Crippen LogP contribution in [0.5, 0.6) is 0 Å². The molecular formula is C14H24N2O2. The van der Waals surface area contributed by atoms with E-state index in [0.29, 0.717) is 19.5 Å². The van der Waals surface area contributed by atoms with Crippen LogP contribution in [0.1, 0.15) is 38.7 Å². The van der Waals surface area contributed by atoms with Crippen molar-refractivity contribution >= 4 is 5.91 Å². The van der Waals surface area contributed by atoms with E-state index in [0.717, 1.165) is 31.0 Å². The largest absolute Gasteiger partial charge is 0.465 e. The maximum absolute atomic E-state index is 11.7. The number of nitrogens with zero attached hydrogens (tertiary/aromatic N) is 1. The second-order valence-electron chi connectivity index (χ2n) is 4.21. The molecular weight excluding hydrogens is 228 g/mol. The first-order valence-corrected chi connectivity index (χ1v) is 6.77. The molecule has 0 atom stereocenters. The maximum atomic E-state index is 11.7. The summed E-state index contributed by atoms with van der Waals surface area (Å²) in [6, 6.07) is 3.98. The third kappa shape index (κ3) is 4.53. The highest BCUT2D eigenvalue weighted by Crippen LogP contribution is 2.07. The minimum atomic E-state index is 0.209. The normalized spacial score (nSPS) is 10.6. The van der Waals surface area contributed by atoms with Crippen LogP contribution in [0.2, 0.25) is 0 Å². The van der Waals surface area contributed by atoms with Gasteiger partial charge in [0.25, 0.3) is 0 Å². The van der Waals surface area contributed by atoms with Crippen LogP contribution in [0.15, 0.2) is 16.5 Å². The Morgan fingerprint density at radius 3 is 2.44 bits per heavy atom. The number of carbonyl (C=O) groups is 1. The van der Waals surface area contributed by atoms with Crippen LogP contribution in [0.25, 0.3) is 0 Å². The molecule has 1 aromatic heterocycles. The summed E-state index contributed by atoms with van der Waals surface area (Å²) in [4.78, 5) is 13.6. The lowest BCUT2D eigenvalue weighted by atomic mass is 10.3. The SMILES string of the molecule is CCc1ccc(CNCCC(=O)N(CC)CC)o1. The fraction of sp³-hybridized carbons (Fsp3) is 0.643. The van der Waals surface area contributed by atoms with Crippen molar-refractivity contribution in [2.75, 3.05) is 19.6 Å². The van der Waals surface area contributed by atoms with Gasteiger partial charge in [0, 0.05) is 32.5 Å². The molecule has 0 unspecified atom stereocenters. The molecule has 0 aromatic carbocycles. The van der Waals surface area contributed by atoms with Crippen molar-refractivity contribution in [3.05, 3.63) is 23.7 Å². The Morgan fingerprint density at radius 1 is 1.22 bits per heavy atom. The molecule has 4 nitrogen and oxygen atoms in total. The number of hydrogen-bond donors (Lipinski definition) is 1. The smallest absolute Gasteiger partial charge is 0.223 e. The van der Waals surface area contributed by atoms with Crippen molar-refractivity contribution in [2.24, 2.45) is 0 Å². The van der Waals surface area contributed by atoms with E-state index >= 15 is 0 Å². The Kier molecular flexibility index (Phi) is 6.50. The van der Waals surface area contributed by atoms with Gasteiger partial charge >= 0.3 is 0 Å². The Labute approximate surface area is 109 Å². The molecule has 0 fully saturated rings. The van der Waals surface area contributed by atoms with Crippen LogP contribution in [-0.2, 0) is 17.8 Å². The molecule has 0 aliphatic heterocycles. The highest BCUT2D eigenvalue weighted by atomic mass is 16.3. The molecule has 1 rings (SSSR count). The van der Waals surface area contributed by atoms with Crippen LogP contribution in [0.4, 0.5) is 0 Å². The van der Waals surface area contributed by atoms with Gasteiger partial charge in [-0.3, -0.25) is 4.79 Å². The van der Waals surface area contributed by atoms with Crippen molar-refractivity contribution in [1.82, 2.24) is 10.2 Å². The molecule has 0 saturated carbocycles. The summed E-state index contributed by atoms with van der Waals surface area (Å²) in [6.07, 6.45) is 1.46. The van der Waals surface area contributed by atoms with Crippen LogP contribution < -0.4 is 5.32 Å². The van der Waals surface area contributed by atoms with Crippen molar-refractivity contribution in [2.45, 2.75) is 40.2 Å². The second kappa shape index (κ2) is 7.93. The molecule has 18 heavy (non-hydrogen) atoms. The lowest BCUT2D eigenvalue weighted by molar-refractivity contribution is -0.130. The highest BCUT2D eigenvalue weighted by molar-refractivity contribution is 5.76. The summed E-state index contributed by atoms with van der Waals surface area (Å²) in [5, 5.41) is 3.23. The fourth-order valence-corrected chi connectivity index (χ4v) is 1.85. The lowest BCUT2D eigenvalue weighted by Crippen LogP contribution is -2.32. The number of rotatable bonds is 8. The molecule has 0 spiro atoms. The van der Waals surface area contributed by atoms with Crippen molar-refractivity contribution in [3.8, 4) is 0 Å². The van der Waals surface area contributed by atoms with Crippen molar-refractivity contribution < 1.29 is 9.21 Å². The van der Waals surface area contributed by atoms with E-state index in [1.807, 2.05) is 30.9 Å². The predicted octanol–water partition coefficient (Wildman–Crippen LogP) is 2.19. The second-order valence-corrected chi connectivity index (χ2v) is 4.21.